The lowest BCUT2D eigenvalue weighted by Crippen LogP contribution is -2.37. The number of urea groups is 1. The summed E-state index contributed by atoms with van der Waals surface area (Å²) in [6.45, 7) is 0.348. The Morgan fingerprint density at radius 1 is 1.12 bits per heavy atom. The predicted octanol–water partition coefficient (Wildman–Crippen LogP) is 2.02. The van der Waals surface area contributed by atoms with Gasteiger partial charge in [0.2, 0.25) is 0 Å². The number of carbonyl (C=O) groups is 3. The molecule has 2 N–H and O–H groups in total. The molecule has 1 aliphatic heterocycles. The maximum atomic E-state index is 11.8. The average molecular weight is 362 g/mol. The lowest BCUT2D eigenvalue weighted by atomic mass is 10.2. The van der Waals surface area contributed by atoms with Crippen LogP contribution in [0.4, 0.5) is 10.5 Å². The van der Waals surface area contributed by atoms with Gasteiger partial charge in [-0.15, -0.1) is 11.3 Å². The lowest BCUT2D eigenvalue weighted by molar-refractivity contribution is -0.123. The Morgan fingerprint density at radius 2 is 1.92 bits per heavy atom. The van der Waals surface area contributed by atoms with Crippen molar-refractivity contribution in [3.63, 3.8) is 0 Å². The topological polar surface area (TPSA) is 103 Å². The van der Waals surface area contributed by atoms with E-state index in [1.165, 1.54) is 11.3 Å². The van der Waals surface area contributed by atoms with E-state index in [9.17, 15) is 14.4 Å². The van der Waals surface area contributed by atoms with Gasteiger partial charge in [-0.3, -0.25) is 10.1 Å². The molecule has 2 aromatic rings. The van der Waals surface area contributed by atoms with Gasteiger partial charge in [-0.1, -0.05) is 6.07 Å². The molecule has 0 bridgehead atoms. The van der Waals surface area contributed by atoms with E-state index in [0.717, 1.165) is 0 Å². The maximum absolute atomic E-state index is 11.8. The first-order chi connectivity index (χ1) is 12.1. The van der Waals surface area contributed by atoms with Crippen LogP contribution in [0.15, 0.2) is 35.7 Å². The van der Waals surface area contributed by atoms with Gasteiger partial charge in [0.25, 0.3) is 5.91 Å². The van der Waals surface area contributed by atoms with Crippen molar-refractivity contribution in [1.29, 1.82) is 0 Å². The van der Waals surface area contributed by atoms with Gasteiger partial charge in [0.05, 0.1) is 0 Å². The van der Waals surface area contributed by atoms with E-state index >= 15 is 0 Å². The van der Waals surface area contributed by atoms with Gasteiger partial charge in [-0.2, -0.15) is 0 Å². The minimum atomic E-state index is -0.742. The predicted molar refractivity (Wildman–Crippen MR) is 89.2 cm³/mol. The fourth-order valence-corrected chi connectivity index (χ4v) is 2.66. The second-order valence-electron chi connectivity index (χ2n) is 4.91. The lowest BCUT2D eigenvalue weighted by Gasteiger charge is -2.19. The molecule has 2 heterocycles. The van der Waals surface area contributed by atoms with Crippen LogP contribution in [0.25, 0.3) is 0 Å². The second-order valence-corrected chi connectivity index (χ2v) is 5.86. The van der Waals surface area contributed by atoms with Gasteiger partial charge < -0.3 is 19.5 Å². The SMILES string of the molecule is O=C(COC(=O)c1cccs1)NC(=O)Nc1ccc2c(c1)OCCO2. The number of thiophene rings is 1. The summed E-state index contributed by atoms with van der Waals surface area (Å²) in [7, 11) is 0. The van der Waals surface area contributed by atoms with E-state index in [1.54, 1.807) is 35.7 Å². The number of amides is 3. The molecule has 1 aromatic heterocycles. The zero-order valence-electron chi connectivity index (χ0n) is 12.9. The van der Waals surface area contributed by atoms with Crippen LogP contribution in [0.2, 0.25) is 0 Å². The summed E-state index contributed by atoms with van der Waals surface area (Å²) in [5, 5.41) is 6.29. The number of imide groups is 1. The van der Waals surface area contributed by atoms with Crippen LogP contribution in [0.5, 0.6) is 11.5 Å². The van der Waals surface area contributed by atoms with Crippen LogP contribution in [0.3, 0.4) is 0 Å². The van der Waals surface area contributed by atoms with Crippen LogP contribution in [0, 0.1) is 0 Å². The number of esters is 1. The van der Waals surface area contributed by atoms with Gasteiger partial charge in [-0.25, -0.2) is 9.59 Å². The molecular weight excluding hydrogens is 348 g/mol. The maximum Gasteiger partial charge on any atom is 0.348 e. The van der Waals surface area contributed by atoms with Crippen molar-refractivity contribution >= 4 is 34.9 Å². The quantitative estimate of drug-likeness (QED) is 0.807. The number of hydrogen-bond donors (Lipinski definition) is 2. The van der Waals surface area contributed by atoms with E-state index < -0.39 is 24.5 Å². The first kappa shape index (κ1) is 16.8. The molecule has 3 rings (SSSR count). The average Bonchev–Trinajstić information content (AvgIpc) is 3.14. The van der Waals surface area contributed by atoms with Crippen molar-refractivity contribution < 1.29 is 28.6 Å². The van der Waals surface area contributed by atoms with Gasteiger partial charge in [0.15, 0.2) is 18.1 Å². The van der Waals surface area contributed by atoms with Gasteiger partial charge >= 0.3 is 12.0 Å². The Morgan fingerprint density at radius 3 is 2.68 bits per heavy atom. The Balaban J connectivity index is 1.47. The molecule has 1 aliphatic rings. The summed E-state index contributed by atoms with van der Waals surface area (Å²) in [6.07, 6.45) is 0. The molecule has 0 unspecified atom stereocenters. The standard InChI is InChI=1S/C16H14N2O6S/c19-14(9-24-15(20)13-2-1-7-25-13)18-16(21)17-10-3-4-11-12(8-10)23-6-5-22-11/h1-4,7-8H,5-6,9H2,(H2,17,18,19,21). The Bertz CT molecular complexity index is 790. The molecule has 25 heavy (non-hydrogen) atoms. The Labute approximate surface area is 146 Å². The van der Waals surface area contributed by atoms with Crippen LogP contribution >= 0.6 is 11.3 Å². The Kier molecular flexibility index (Phi) is 5.14. The molecule has 0 saturated carbocycles. The third-order valence-electron chi connectivity index (χ3n) is 3.11. The van der Waals surface area contributed by atoms with Crippen molar-refractivity contribution in [3.8, 4) is 11.5 Å². The summed E-state index contributed by atoms with van der Waals surface area (Å²) in [6, 6.07) is 7.41. The molecule has 0 aliphatic carbocycles. The highest BCUT2D eigenvalue weighted by Gasteiger charge is 2.15. The first-order valence-corrected chi connectivity index (χ1v) is 8.21. The highest BCUT2D eigenvalue weighted by atomic mass is 32.1. The van der Waals surface area contributed by atoms with Gasteiger partial charge in [0.1, 0.15) is 18.1 Å². The van der Waals surface area contributed by atoms with Crippen molar-refractivity contribution in [1.82, 2.24) is 5.32 Å². The first-order valence-electron chi connectivity index (χ1n) is 7.33. The van der Waals surface area contributed by atoms with Crippen molar-refractivity contribution in [2.24, 2.45) is 0 Å². The summed E-state index contributed by atoms with van der Waals surface area (Å²) in [4.78, 5) is 35.5. The van der Waals surface area contributed by atoms with Crippen molar-refractivity contribution in [2.45, 2.75) is 0 Å². The van der Waals surface area contributed by atoms with Gasteiger partial charge in [-0.05, 0) is 23.6 Å². The molecular formula is C16H14N2O6S. The van der Waals surface area contributed by atoms with Crippen LogP contribution in [-0.2, 0) is 9.53 Å². The summed E-state index contributed by atoms with van der Waals surface area (Å²) >= 11 is 1.20. The Hall–Kier alpha value is -3.07. The van der Waals surface area contributed by atoms with E-state index in [0.29, 0.717) is 35.3 Å². The minimum absolute atomic E-state index is 0.383. The summed E-state index contributed by atoms with van der Waals surface area (Å²) < 4.78 is 15.6. The third-order valence-corrected chi connectivity index (χ3v) is 3.96. The number of fused-ring (bicyclic) bond motifs is 1. The van der Waals surface area contributed by atoms with Crippen molar-refractivity contribution in [2.75, 3.05) is 25.1 Å². The number of benzene rings is 1. The summed E-state index contributed by atoms with van der Waals surface area (Å²) in [5.74, 6) is -0.244. The van der Waals surface area contributed by atoms with Crippen LogP contribution in [-0.4, -0.2) is 37.7 Å². The number of ether oxygens (including phenoxy) is 3. The van der Waals surface area contributed by atoms with Crippen molar-refractivity contribution in [3.05, 3.63) is 40.6 Å². The summed E-state index contributed by atoms with van der Waals surface area (Å²) in [5.41, 5.74) is 0.435. The monoisotopic (exact) mass is 362 g/mol. The largest absolute Gasteiger partial charge is 0.486 e. The molecule has 3 amide bonds. The van der Waals surface area contributed by atoms with Crippen LogP contribution in [0.1, 0.15) is 9.67 Å². The molecule has 0 spiro atoms. The second kappa shape index (κ2) is 7.67. The van der Waals surface area contributed by atoms with E-state index in [1.807, 2.05) is 0 Å². The molecule has 0 fully saturated rings. The van der Waals surface area contributed by atoms with E-state index in [4.69, 9.17) is 14.2 Å². The fraction of sp³-hybridized carbons (Fsp3) is 0.188. The highest BCUT2D eigenvalue weighted by molar-refractivity contribution is 7.11. The molecule has 8 nitrogen and oxygen atoms in total. The number of rotatable bonds is 4. The molecule has 1 aromatic carbocycles. The molecule has 0 radical (unpaired) electrons. The molecule has 9 heteroatoms. The van der Waals surface area contributed by atoms with E-state index in [-0.39, 0.29) is 0 Å². The number of nitrogens with one attached hydrogen (secondary N) is 2. The fourth-order valence-electron chi connectivity index (χ4n) is 2.04. The third kappa shape index (κ3) is 4.48. The number of hydrogen-bond acceptors (Lipinski definition) is 7. The smallest absolute Gasteiger partial charge is 0.348 e. The zero-order valence-corrected chi connectivity index (χ0v) is 13.8. The zero-order chi connectivity index (χ0) is 17.6. The number of carbonyl (C=O) groups excluding carboxylic acids is 3. The minimum Gasteiger partial charge on any atom is -0.486 e. The number of anilines is 1. The molecule has 130 valence electrons. The van der Waals surface area contributed by atoms with E-state index in [2.05, 4.69) is 10.6 Å². The highest BCUT2D eigenvalue weighted by Crippen LogP contribution is 2.32. The molecule has 0 saturated heterocycles. The van der Waals surface area contributed by atoms with Gasteiger partial charge in [0, 0.05) is 11.8 Å². The molecule has 0 atom stereocenters. The normalized spacial score (nSPS) is 12.2. The van der Waals surface area contributed by atoms with Crippen LogP contribution < -0.4 is 20.1 Å².